The van der Waals surface area contributed by atoms with Gasteiger partial charge < -0.3 is 14.5 Å². The van der Waals surface area contributed by atoms with Crippen LogP contribution in [0.25, 0.3) is 0 Å². The molecule has 1 amide bonds. The Labute approximate surface area is 145 Å². The lowest BCUT2D eigenvalue weighted by Crippen LogP contribution is -2.33. The number of hydrogen-bond donors (Lipinski definition) is 0. The van der Waals surface area contributed by atoms with Gasteiger partial charge >= 0.3 is 0 Å². The largest absolute Gasteiger partial charge is 0.485 e. The molecule has 0 bridgehead atoms. The van der Waals surface area contributed by atoms with E-state index in [1.165, 1.54) is 23.9 Å². The Balaban J connectivity index is 1.37. The second-order valence-corrected chi connectivity index (χ2v) is 6.39. The minimum atomic E-state index is -0.0108. The topological polar surface area (TPSA) is 89.3 Å². The summed E-state index contributed by atoms with van der Waals surface area (Å²) in [5.74, 6) is 1.73. The number of hydrogen-bond acceptors (Lipinski definition) is 7. The van der Waals surface area contributed by atoms with Gasteiger partial charge in [0.05, 0.1) is 6.54 Å². The van der Waals surface area contributed by atoms with Crippen molar-refractivity contribution >= 4 is 11.7 Å². The Kier molecular flexibility index (Phi) is 4.45. The number of carbonyl (C=O) groups excluding carboxylic acids is 1. The highest BCUT2D eigenvalue weighted by Gasteiger charge is 2.29. The molecule has 0 spiro atoms. The zero-order valence-electron chi connectivity index (χ0n) is 14.0. The van der Waals surface area contributed by atoms with Crippen molar-refractivity contribution in [3.63, 3.8) is 0 Å². The van der Waals surface area contributed by atoms with Gasteiger partial charge in [-0.05, 0) is 35.4 Å². The highest BCUT2D eigenvalue weighted by atomic mass is 16.5. The van der Waals surface area contributed by atoms with E-state index in [-0.39, 0.29) is 18.6 Å². The molecule has 0 aliphatic carbocycles. The third-order valence-electron chi connectivity index (χ3n) is 4.64. The van der Waals surface area contributed by atoms with Gasteiger partial charge in [-0.25, -0.2) is 9.67 Å². The van der Waals surface area contributed by atoms with E-state index in [2.05, 4.69) is 25.4 Å². The Morgan fingerprint density at radius 1 is 1.28 bits per heavy atom. The van der Waals surface area contributed by atoms with Crippen molar-refractivity contribution < 1.29 is 9.53 Å². The van der Waals surface area contributed by atoms with Crippen molar-refractivity contribution in [1.82, 2.24) is 30.1 Å². The highest BCUT2D eigenvalue weighted by Crippen LogP contribution is 2.30. The summed E-state index contributed by atoms with van der Waals surface area (Å²) in [6.45, 7) is 3.47. The first-order valence-corrected chi connectivity index (χ1v) is 8.65. The Morgan fingerprint density at radius 2 is 2.16 bits per heavy atom. The number of carbonyl (C=O) groups is 1. The number of likely N-dealkylation sites (tertiary alicyclic amines) is 1. The second-order valence-electron chi connectivity index (χ2n) is 6.39. The Hall–Kier alpha value is -2.71. The number of aromatic nitrogens is 5. The molecule has 9 heteroatoms. The van der Waals surface area contributed by atoms with Gasteiger partial charge in [-0.2, -0.15) is 0 Å². The molecule has 0 aromatic carbocycles. The SMILES string of the molecule is O=C(Cn1cnnn1)N1CCC(Oc2cccnc2N2CCCC2)C1. The molecule has 1 unspecified atom stereocenters. The first kappa shape index (κ1) is 15.8. The number of anilines is 1. The number of ether oxygens (including phenoxy) is 1. The number of rotatable bonds is 5. The zero-order valence-corrected chi connectivity index (χ0v) is 14.0. The Morgan fingerprint density at radius 3 is 2.96 bits per heavy atom. The molecule has 0 N–H and O–H groups in total. The molecule has 9 nitrogen and oxygen atoms in total. The van der Waals surface area contributed by atoms with Crippen molar-refractivity contribution in [3.8, 4) is 5.75 Å². The molecule has 0 saturated carbocycles. The standard InChI is InChI=1S/C16H21N7O2/c24-15(11-23-12-18-19-20-23)22-9-5-13(10-22)25-14-4-3-6-17-16(14)21-7-1-2-8-21/h3-4,6,12-13H,1-2,5,7-11H2. The second kappa shape index (κ2) is 7.04. The average molecular weight is 343 g/mol. The van der Waals surface area contributed by atoms with E-state index in [0.717, 1.165) is 31.1 Å². The van der Waals surface area contributed by atoms with Crippen LogP contribution in [-0.4, -0.2) is 68.3 Å². The lowest BCUT2D eigenvalue weighted by Gasteiger charge is -2.22. The molecular formula is C16H21N7O2. The smallest absolute Gasteiger partial charge is 0.244 e. The van der Waals surface area contributed by atoms with Gasteiger partial charge in [0.2, 0.25) is 5.91 Å². The normalized spacial score (nSPS) is 20.2. The van der Waals surface area contributed by atoms with Crippen molar-refractivity contribution in [3.05, 3.63) is 24.7 Å². The van der Waals surface area contributed by atoms with Gasteiger partial charge in [0.25, 0.3) is 0 Å². The summed E-state index contributed by atoms with van der Waals surface area (Å²) in [4.78, 5) is 20.9. The number of nitrogens with zero attached hydrogens (tertiary/aromatic N) is 7. The zero-order chi connectivity index (χ0) is 17.1. The van der Waals surface area contributed by atoms with Gasteiger partial charge in [-0.3, -0.25) is 4.79 Å². The molecule has 2 saturated heterocycles. The van der Waals surface area contributed by atoms with Gasteiger partial charge in [0.1, 0.15) is 19.0 Å². The van der Waals surface area contributed by atoms with Crippen LogP contribution in [0.2, 0.25) is 0 Å². The third kappa shape index (κ3) is 3.54. The maximum Gasteiger partial charge on any atom is 0.244 e. The molecule has 2 aliphatic rings. The molecule has 2 aliphatic heterocycles. The Bertz CT molecular complexity index is 715. The van der Waals surface area contributed by atoms with Crippen LogP contribution in [0.1, 0.15) is 19.3 Å². The highest BCUT2D eigenvalue weighted by molar-refractivity contribution is 5.76. The third-order valence-corrected chi connectivity index (χ3v) is 4.64. The van der Waals surface area contributed by atoms with Crippen LogP contribution in [-0.2, 0) is 11.3 Å². The summed E-state index contributed by atoms with van der Waals surface area (Å²) in [5, 5.41) is 10.8. The summed E-state index contributed by atoms with van der Waals surface area (Å²) in [6.07, 6.45) is 6.44. The van der Waals surface area contributed by atoms with E-state index in [9.17, 15) is 4.79 Å². The van der Waals surface area contributed by atoms with E-state index in [1.807, 2.05) is 12.1 Å². The molecule has 1 atom stereocenters. The van der Waals surface area contributed by atoms with Crippen LogP contribution in [0.5, 0.6) is 5.75 Å². The molecule has 2 aromatic rings. The summed E-state index contributed by atoms with van der Waals surface area (Å²) in [7, 11) is 0. The number of amides is 1. The molecular weight excluding hydrogens is 322 g/mol. The predicted octanol–water partition coefficient (Wildman–Crippen LogP) is 0.348. The fraction of sp³-hybridized carbons (Fsp3) is 0.562. The van der Waals surface area contributed by atoms with Crippen LogP contribution in [0.4, 0.5) is 5.82 Å². The number of tetrazole rings is 1. The van der Waals surface area contributed by atoms with Gasteiger partial charge in [-0.1, -0.05) is 0 Å². The van der Waals surface area contributed by atoms with Crippen molar-refractivity contribution in [1.29, 1.82) is 0 Å². The fourth-order valence-corrected chi connectivity index (χ4v) is 3.36. The molecule has 2 aromatic heterocycles. The molecule has 2 fully saturated rings. The first-order valence-electron chi connectivity index (χ1n) is 8.65. The van der Waals surface area contributed by atoms with Crippen LogP contribution in [0.3, 0.4) is 0 Å². The summed E-state index contributed by atoms with van der Waals surface area (Å²) in [5.41, 5.74) is 0. The van der Waals surface area contributed by atoms with Crippen LogP contribution in [0, 0.1) is 0 Å². The van der Waals surface area contributed by atoms with Crippen molar-refractivity contribution in [2.75, 3.05) is 31.1 Å². The maximum atomic E-state index is 12.3. The molecule has 4 heterocycles. The molecule has 25 heavy (non-hydrogen) atoms. The first-order chi connectivity index (χ1) is 12.3. The lowest BCUT2D eigenvalue weighted by atomic mass is 10.3. The van der Waals surface area contributed by atoms with Crippen LogP contribution < -0.4 is 9.64 Å². The minimum absolute atomic E-state index is 0.00403. The van der Waals surface area contributed by atoms with Gasteiger partial charge in [-0.15, -0.1) is 5.10 Å². The van der Waals surface area contributed by atoms with Crippen LogP contribution in [0.15, 0.2) is 24.7 Å². The summed E-state index contributed by atoms with van der Waals surface area (Å²) in [6, 6.07) is 3.86. The van der Waals surface area contributed by atoms with Crippen molar-refractivity contribution in [2.45, 2.75) is 31.9 Å². The van der Waals surface area contributed by atoms with Gasteiger partial charge in [0, 0.05) is 32.3 Å². The number of pyridine rings is 1. The van der Waals surface area contributed by atoms with E-state index < -0.39 is 0 Å². The average Bonchev–Trinajstić information content (AvgIpc) is 3.38. The lowest BCUT2D eigenvalue weighted by molar-refractivity contribution is -0.131. The summed E-state index contributed by atoms with van der Waals surface area (Å²) < 4.78 is 7.62. The predicted molar refractivity (Wildman–Crippen MR) is 89.1 cm³/mol. The van der Waals surface area contributed by atoms with E-state index in [1.54, 1.807) is 11.1 Å². The van der Waals surface area contributed by atoms with Crippen LogP contribution >= 0.6 is 0 Å². The minimum Gasteiger partial charge on any atom is -0.485 e. The van der Waals surface area contributed by atoms with E-state index in [0.29, 0.717) is 13.1 Å². The summed E-state index contributed by atoms with van der Waals surface area (Å²) >= 11 is 0. The van der Waals surface area contributed by atoms with E-state index >= 15 is 0 Å². The molecule has 132 valence electrons. The monoisotopic (exact) mass is 343 g/mol. The van der Waals surface area contributed by atoms with Gasteiger partial charge in [0.15, 0.2) is 11.6 Å². The maximum absolute atomic E-state index is 12.3. The van der Waals surface area contributed by atoms with E-state index in [4.69, 9.17) is 4.74 Å². The quantitative estimate of drug-likeness (QED) is 0.774. The fourth-order valence-electron chi connectivity index (χ4n) is 3.36. The molecule has 4 rings (SSSR count). The molecule has 0 radical (unpaired) electrons. The van der Waals surface area contributed by atoms with Crippen molar-refractivity contribution in [2.24, 2.45) is 0 Å².